The topological polar surface area (TPSA) is 48.0 Å². The van der Waals surface area contributed by atoms with Crippen LogP contribution in [0.5, 0.6) is 0 Å². The molecule has 0 amide bonds. The predicted octanol–water partition coefficient (Wildman–Crippen LogP) is 4.91. The summed E-state index contributed by atoms with van der Waals surface area (Å²) in [5.41, 5.74) is 1.30. The molecule has 0 aliphatic heterocycles. The summed E-state index contributed by atoms with van der Waals surface area (Å²) in [5.74, 6) is 1.24. The van der Waals surface area contributed by atoms with Crippen molar-refractivity contribution in [3.05, 3.63) is 93.3 Å². The molecule has 0 aliphatic carbocycles. The summed E-state index contributed by atoms with van der Waals surface area (Å²) in [6.45, 7) is 0. The molecule has 0 aliphatic rings. The molecule has 25 heavy (non-hydrogen) atoms. The number of benzene rings is 2. The maximum atomic E-state index is 13.1. The van der Waals surface area contributed by atoms with Crippen molar-refractivity contribution < 1.29 is 4.42 Å². The SMILES string of the molecule is O=c1c2cc(Br)ccc2nc(/C=C/c2ccco2)n1-c1ccccc1. The van der Waals surface area contributed by atoms with E-state index in [9.17, 15) is 4.79 Å². The van der Waals surface area contributed by atoms with Crippen molar-refractivity contribution in [1.29, 1.82) is 0 Å². The Morgan fingerprint density at radius 2 is 1.84 bits per heavy atom. The Bertz CT molecular complexity index is 1110. The van der Waals surface area contributed by atoms with Crippen molar-refractivity contribution in [2.75, 3.05) is 0 Å². The van der Waals surface area contributed by atoms with Gasteiger partial charge in [0.2, 0.25) is 0 Å². The number of fused-ring (bicyclic) bond motifs is 1. The monoisotopic (exact) mass is 392 g/mol. The third-order valence-corrected chi connectivity index (χ3v) is 4.30. The molecular formula is C20H13BrN2O2. The number of aromatic nitrogens is 2. The van der Waals surface area contributed by atoms with Gasteiger partial charge in [0.15, 0.2) is 0 Å². The van der Waals surface area contributed by atoms with Gasteiger partial charge < -0.3 is 4.42 Å². The van der Waals surface area contributed by atoms with E-state index in [1.807, 2.05) is 54.6 Å². The lowest BCUT2D eigenvalue weighted by Gasteiger charge is -2.11. The molecule has 0 N–H and O–H groups in total. The summed E-state index contributed by atoms with van der Waals surface area (Å²) in [4.78, 5) is 17.8. The van der Waals surface area contributed by atoms with Crippen molar-refractivity contribution in [3.63, 3.8) is 0 Å². The number of para-hydroxylation sites is 1. The molecule has 4 aromatic rings. The molecule has 0 bridgehead atoms. The molecule has 2 aromatic heterocycles. The van der Waals surface area contributed by atoms with Crippen LogP contribution in [0.15, 0.2) is 80.6 Å². The van der Waals surface area contributed by atoms with E-state index in [1.54, 1.807) is 29.0 Å². The van der Waals surface area contributed by atoms with E-state index < -0.39 is 0 Å². The number of hydrogen-bond acceptors (Lipinski definition) is 3. The molecule has 2 aromatic carbocycles. The van der Waals surface area contributed by atoms with E-state index in [-0.39, 0.29) is 5.56 Å². The van der Waals surface area contributed by atoms with E-state index in [1.165, 1.54) is 0 Å². The second-order valence-electron chi connectivity index (χ2n) is 5.46. The zero-order chi connectivity index (χ0) is 17.2. The molecule has 0 fully saturated rings. The average Bonchev–Trinajstić information content (AvgIpc) is 3.15. The zero-order valence-corrected chi connectivity index (χ0v) is 14.7. The number of halogens is 1. The van der Waals surface area contributed by atoms with Crippen LogP contribution in [0.3, 0.4) is 0 Å². The lowest BCUT2D eigenvalue weighted by atomic mass is 10.2. The molecule has 4 rings (SSSR count). The Labute approximate surface area is 152 Å². The standard InChI is InChI=1S/C20H13BrN2O2/c21-14-8-10-18-17(13-14)20(24)23(15-5-2-1-3-6-15)19(22-18)11-9-16-7-4-12-25-16/h1-13H/b11-9+. The van der Waals surface area contributed by atoms with E-state index in [2.05, 4.69) is 20.9 Å². The highest BCUT2D eigenvalue weighted by Crippen LogP contribution is 2.19. The minimum absolute atomic E-state index is 0.114. The fourth-order valence-corrected chi connectivity index (χ4v) is 3.02. The molecule has 0 saturated carbocycles. The van der Waals surface area contributed by atoms with Gasteiger partial charge in [-0.05, 0) is 54.6 Å². The molecular weight excluding hydrogens is 380 g/mol. The zero-order valence-electron chi connectivity index (χ0n) is 13.1. The van der Waals surface area contributed by atoms with Crippen molar-refractivity contribution in [2.24, 2.45) is 0 Å². The number of nitrogens with zero attached hydrogens (tertiary/aromatic N) is 2. The summed E-state index contributed by atoms with van der Waals surface area (Å²) in [6, 6.07) is 18.6. The molecule has 0 saturated heterocycles. The molecule has 0 unspecified atom stereocenters. The highest BCUT2D eigenvalue weighted by Gasteiger charge is 2.11. The van der Waals surface area contributed by atoms with Crippen LogP contribution < -0.4 is 5.56 Å². The van der Waals surface area contributed by atoms with Gasteiger partial charge in [-0.15, -0.1) is 0 Å². The van der Waals surface area contributed by atoms with Gasteiger partial charge in [0.25, 0.3) is 5.56 Å². The fourth-order valence-electron chi connectivity index (χ4n) is 2.66. The van der Waals surface area contributed by atoms with Gasteiger partial charge in [0.1, 0.15) is 11.6 Å². The Morgan fingerprint density at radius 3 is 2.60 bits per heavy atom. The van der Waals surface area contributed by atoms with E-state index in [4.69, 9.17) is 4.42 Å². The first-order chi connectivity index (χ1) is 12.2. The summed E-state index contributed by atoms with van der Waals surface area (Å²) in [5, 5.41) is 0.563. The van der Waals surface area contributed by atoms with Crippen LogP contribution in [0.1, 0.15) is 11.6 Å². The maximum Gasteiger partial charge on any atom is 0.266 e. The lowest BCUT2D eigenvalue weighted by molar-refractivity contribution is 0.557. The normalized spacial score (nSPS) is 11.4. The quantitative estimate of drug-likeness (QED) is 0.497. The molecule has 5 heteroatoms. The Balaban J connectivity index is 1.99. The molecule has 0 radical (unpaired) electrons. The third kappa shape index (κ3) is 3.06. The summed E-state index contributed by atoms with van der Waals surface area (Å²) in [7, 11) is 0. The molecule has 122 valence electrons. The van der Waals surface area contributed by atoms with Crippen LogP contribution in [-0.4, -0.2) is 9.55 Å². The number of hydrogen-bond donors (Lipinski definition) is 0. The minimum Gasteiger partial charge on any atom is -0.465 e. The molecule has 2 heterocycles. The van der Waals surface area contributed by atoms with Crippen molar-refractivity contribution >= 4 is 39.0 Å². The lowest BCUT2D eigenvalue weighted by Crippen LogP contribution is -2.22. The van der Waals surface area contributed by atoms with Crippen LogP contribution in [0.2, 0.25) is 0 Å². The largest absolute Gasteiger partial charge is 0.465 e. The van der Waals surface area contributed by atoms with E-state index in [0.717, 1.165) is 10.2 Å². The Kier molecular flexibility index (Phi) is 4.07. The van der Waals surface area contributed by atoms with Crippen LogP contribution in [-0.2, 0) is 0 Å². The van der Waals surface area contributed by atoms with E-state index in [0.29, 0.717) is 22.5 Å². The third-order valence-electron chi connectivity index (χ3n) is 3.81. The first-order valence-electron chi connectivity index (χ1n) is 7.72. The molecule has 0 atom stereocenters. The smallest absolute Gasteiger partial charge is 0.266 e. The van der Waals surface area contributed by atoms with Crippen molar-refractivity contribution in [3.8, 4) is 5.69 Å². The van der Waals surface area contributed by atoms with Gasteiger partial charge in [-0.2, -0.15) is 0 Å². The summed E-state index contributed by atoms with van der Waals surface area (Å²) in [6.07, 6.45) is 5.19. The second-order valence-corrected chi connectivity index (χ2v) is 6.37. The van der Waals surface area contributed by atoms with Crippen LogP contribution in [0.4, 0.5) is 0 Å². The maximum absolute atomic E-state index is 13.1. The number of rotatable bonds is 3. The first-order valence-corrected chi connectivity index (χ1v) is 8.51. The van der Waals surface area contributed by atoms with Gasteiger partial charge in [-0.1, -0.05) is 34.1 Å². The molecule has 0 spiro atoms. The van der Waals surface area contributed by atoms with Gasteiger partial charge in [0, 0.05) is 4.47 Å². The van der Waals surface area contributed by atoms with Gasteiger partial charge in [0.05, 0.1) is 22.9 Å². The van der Waals surface area contributed by atoms with Gasteiger partial charge in [-0.3, -0.25) is 9.36 Å². The van der Waals surface area contributed by atoms with Gasteiger partial charge in [-0.25, -0.2) is 4.98 Å². The number of furan rings is 1. The van der Waals surface area contributed by atoms with Crippen molar-refractivity contribution in [2.45, 2.75) is 0 Å². The van der Waals surface area contributed by atoms with Crippen LogP contribution in [0.25, 0.3) is 28.7 Å². The van der Waals surface area contributed by atoms with E-state index >= 15 is 0 Å². The fraction of sp³-hybridized carbons (Fsp3) is 0. The second kappa shape index (κ2) is 6.53. The molecule has 4 nitrogen and oxygen atoms in total. The Hall–Kier alpha value is -2.92. The average molecular weight is 393 g/mol. The highest BCUT2D eigenvalue weighted by atomic mass is 79.9. The first kappa shape index (κ1) is 15.6. The van der Waals surface area contributed by atoms with Gasteiger partial charge >= 0.3 is 0 Å². The summed E-state index contributed by atoms with van der Waals surface area (Å²) >= 11 is 3.42. The minimum atomic E-state index is -0.114. The predicted molar refractivity (Wildman–Crippen MR) is 103 cm³/mol. The highest BCUT2D eigenvalue weighted by molar-refractivity contribution is 9.10. The van der Waals surface area contributed by atoms with Crippen LogP contribution >= 0.6 is 15.9 Å². The Morgan fingerprint density at radius 1 is 1.00 bits per heavy atom. The van der Waals surface area contributed by atoms with Crippen molar-refractivity contribution in [1.82, 2.24) is 9.55 Å². The summed E-state index contributed by atoms with van der Waals surface area (Å²) < 4.78 is 7.78. The van der Waals surface area contributed by atoms with Crippen LogP contribution in [0, 0.1) is 0 Å².